The van der Waals surface area contributed by atoms with E-state index in [0.29, 0.717) is 27.8 Å². The first-order valence-electron chi connectivity index (χ1n) is 7.59. The van der Waals surface area contributed by atoms with Gasteiger partial charge in [0.2, 0.25) is 11.8 Å². The van der Waals surface area contributed by atoms with Crippen LogP contribution in [0.2, 0.25) is 10.0 Å². The summed E-state index contributed by atoms with van der Waals surface area (Å²) >= 11 is 12.2. The topological polar surface area (TPSA) is 49.4 Å². The number of carbonyl (C=O) groups is 2. The molecule has 0 radical (unpaired) electrons. The van der Waals surface area contributed by atoms with Crippen molar-refractivity contribution >= 4 is 46.4 Å². The second-order valence-corrected chi connectivity index (χ2v) is 6.50. The van der Waals surface area contributed by atoms with Crippen LogP contribution >= 0.6 is 23.2 Å². The number of fused-ring (bicyclic) bond motifs is 1. The van der Waals surface area contributed by atoms with Crippen molar-refractivity contribution in [3.8, 4) is 0 Å². The molecule has 0 aromatic heterocycles. The first kappa shape index (κ1) is 16.8. The van der Waals surface area contributed by atoms with Crippen LogP contribution in [0.3, 0.4) is 0 Å². The number of anilines is 2. The van der Waals surface area contributed by atoms with Crippen LogP contribution in [-0.2, 0) is 22.4 Å². The molecule has 2 aromatic rings. The Balaban J connectivity index is 1.73. The molecular formula is C18H16Cl2N2O2. The molecule has 2 aromatic carbocycles. The highest BCUT2D eigenvalue weighted by atomic mass is 35.5. The normalized spacial score (nSPS) is 12.9. The van der Waals surface area contributed by atoms with Gasteiger partial charge in [-0.1, -0.05) is 29.3 Å². The molecule has 24 heavy (non-hydrogen) atoms. The van der Waals surface area contributed by atoms with E-state index in [2.05, 4.69) is 5.32 Å². The Labute approximate surface area is 150 Å². The van der Waals surface area contributed by atoms with E-state index in [-0.39, 0.29) is 18.2 Å². The summed E-state index contributed by atoms with van der Waals surface area (Å²) in [5, 5.41) is 3.81. The molecular weight excluding hydrogens is 347 g/mol. The number of amides is 2. The van der Waals surface area contributed by atoms with Crippen LogP contribution in [0.5, 0.6) is 0 Å². The monoisotopic (exact) mass is 362 g/mol. The molecule has 0 aliphatic carbocycles. The molecule has 1 heterocycles. The summed E-state index contributed by atoms with van der Waals surface area (Å²) in [7, 11) is 0. The highest BCUT2D eigenvalue weighted by Crippen LogP contribution is 2.31. The fourth-order valence-corrected chi connectivity index (χ4v) is 3.40. The average molecular weight is 363 g/mol. The van der Waals surface area contributed by atoms with E-state index in [1.54, 1.807) is 36.1 Å². The van der Waals surface area contributed by atoms with Crippen LogP contribution in [0.1, 0.15) is 18.1 Å². The summed E-state index contributed by atoms with van der Waals surface area (Å²) in [6, 6.07) is 10.7. The fraction of sp³-hybridized carbons (Fsp3) is 0.222. The number of nitrogens with zero attached hydrogens (tertiary/aromatic N) is 1. The van der Waals surface area contributed by atoms with Crippen LogP contribution < -0.4 is 10.2 Å². The van der Waals surface area contributed by atoms with Gasteiger partial charge >= 0.3 is 0 Å². The molecule has 1 N–H and O–H groups in total. The van der Waals surface area contributed by atoms with Gasteiger partial charge in [0.25, 0.3) is 0 Å². The van der Waals surface area contributed by atoms with Crippen molar-refractivity contribution in [3.05, 3.63) is 57.6 Å². The third-order valence-corrected chi connectivity index (χ3v) is 4.75. The third kappa shape index (κ3) is 3.40. The SMILES string of the molecule is CC(=O)N1CCc2cc(NC(=O)Cc3c(Cl)cccc3Cl)ccc21. The van der Waals surface area contributed by atoms with E-state index in [1.807, 2.05) is 12.1 Å². The summed E-state index contributed by atoms with van der Waals surface area (Å²) in [4.78, 5) is 25.6. The Hall–Kier alpha value is -2.04. The highest BCUT2D eigenvalue weighted by Gasteiger charge is 2.22. The van der Waals surface area contributed by atoms with E-state index in [0.717, 1.165) is 17.7 Å². The Morgan fingerprint density at radius 1 is 1.17 bits per heavy atom. The molecule has 0 bridgehead atoms. The molecule has 0 atom stereocenters. The van der Waals surface area contributed by atoms with Gasteiger partial charge in [-0.2, -0.15) is 0 Å². The largest absolute Gasteiger partial charge is 0.326 e. The zero-order valence-corrected chi connectivity index (χ0v) is 14.6. The number of hydrogen-bond acceptors (Lipinski definition) is 2. The van der Waals surface area contributed by atoms with Gasteiger partial charge in [0.1, 0.15) is 0 Å². The number of halogens is 2. The number of carbonyl (C=O) groups excluding carboxylic acids is 2. The quantitative estimate of drug-likeness (QED) is 0.893. The zero-order valence-electron chi connectivity index (χ0n) is 13.1. The predicted molar refractivity (Wildman–Crippen MR) is 97.0 cm³/mol. The molecule has 2 amide bonds. The zero-order chi connectivity index (χ0) is 17.3. The second kappa shape index (κ2) is 6.83. The molecule has 0 saturated heterocycles. The Bertz CT molecular complexity index is 800. The van der Waals surface area contributed by atoms with Crippen LogP contribution in [0, 0.1) is 0 Å². The fourth-order valence-electron chi connectivity index (χ4n) is 2.87. The van der Waals surface area contributed by atoms with E-state index < -0.39 is 0 Å². The number of benzene rings is 2. The summed E-state index contributed by atoms with van der Waals surface area (Å²) < 4.78 is 0. The molecule has 4 nitrogen and oxygen atoms in total. The molecule has 0 saturated carbocycles. The summed E-state index contributed by atoms with van der Waals surface area (Å²) in [5.41, 5.74) is 3.28. The molecule has 0 spiro atoms. The summed E-state index contributed by atoms with van der Waals surface area (Å²) in [5.74, 6) is -0.162. The van der Waals surface area contributed by atoms with Gasteiger partial charge in [-0.25, -0.2) is 0 Å². The van der Waals surface area contributed by atoms with Gasteiger partial charge in [0, 0.05) is 34.9 Å². The van der Waals surface area contributed by atoms with Crippen LogP contribution in [0.15, 0.2) is 36.4 Å². The number of hydrogen-bond donors (Lipinski definition) is 1. The molecule has 124 valence electrons. The second-order valence-electron chi connectivity index (χ2n) is 5.69. The van der Waals surface area contributed by atoms with Crippen LogP contribution in [0.25, 0.3) is 0 Å². The van der Waals surface area contributed by atoms with Gasteiger partial charge in [0.05, 0.1) is 6.42 Å². The first-order chi connectivity index (χ1) is 11.5. The Kier molecular flexibility index (Phi) is 4.78. The highest BCUT2D eigenvalue weighted by molar-refractivity contribution is 6.36. The number of rotatable bonds is 3. The van der Waals surface area contributed by atoms with Crippen LogP contribution in [0.4, 0.5) is 11.4 Å². The maximum atomic E-state index is 12.3. The Morgan fingerprint density at radius 3 is 2.54 bits per heavy atom. The van der Waals surface area contributed by atoms with E-state index >= 15 is 0 Å². The average Bonchev–Trinajstić information content (AvgIpc) is 2.94. The molecule has 0 unspecified atom stereocenters. The van der Waals surface area contributed by atoms with Crippen LogP contribution in [-0.4, -0.2) is 18.4 Å². The van der Waals surface area contributed by atoms with E-state index in [4.69, 9.17) is 23.2 Å². The molecule has 1 aliphatic heterocycles. The minimum absolute atomic E-state index is 0.0268. The third-order valence-electron chi connectivity index (χ3n) is 4.04. The first-order valence-corrected chi connectivity index (χ1v) is 8.35. The van der Waals surface area contributed by atoms with Crippen molar-refractivity contribution in [1.29, 1.82) is 0 Å². The van der Waals surface area contributed by atoms with Gasteiger partial charge < -0.3 is 10.2 Å². The Morgan fingerprint density at radius 2 is 1.88 bits per heavy atom. The molecule has 0 fully saturated rings. The lowest BCUT2D eigenvalue weighted by atomic mass is 10.1. The maximum Gasteiger partial charge on any atom is 0.228 e. The van der Waals surface area contributed by atoms with Crippen molar-refractivity contribution in [2.24, 2.45) is 0 Å². The van der Waals surface area contributed by atoms with E-state index in [9.17, 15) is 9.59 Å². The minimum Gasteiger partial charge on any atom is -0.326 e. The van der Waals surface area contributed by atoms with E-state index in [1.165, 1.54) is 0 Å². The summed E-state index contributed by atoms with van der Waals surface area (Å²) in [6.45, 7) is 2.23. The smallest absolute Gasteiger partial charge is 0.228 e. The van der Waals surface area contributed by atoms with Gasteiger partial charge in [-0.15, -0.1) is 0 Å². The van der Waals surface area contributed by atoms with Crippen molar-refractivity contribution < 1.29 is 9.59 Å². The van der Waals surface area contributed by atoms with Crippen molar-refractivity contribution in [2.45, 2.75) is 19.8 Å². The molecule has 1 aliphatic rings. The molecule has 3 rings (SSSR count). The lowest BCUT2D eigenvalue weighted by Gasteiger charge is -2.15. The molecule has 6 heteroatoms. The van der Waals surface area contributed by atoms with Crippen molar-refractivity contribution in [3.63, 3.8) is 0 Å². The lowest BCUT2D eigenvalue weighted by molar-refractivity contribution is -0.117. The van der Waals surface area contributed by atoms with Gasteiger partial charge in [-0.05, 0) is 47.9 Å². The van der Waals surface area contributed by atoms with Crippen molar-refractivity contribution in [2.75, 3.05) is 16.8 Å². The van der Waals surface area contributed by atoms with Gasteiger partial charge in [-0.3, -0.25) is 9.59 Å². The lowest BCUT2D eigenvalue weighted by Crippen LogP contribution is -2.25. The predicted octanol–water partition coefficient (Wildman–Crippen LogP) is 4.08. The standard InChI is InChI=1S/C18H16Cl2N2O2/c1-11(23)22-8-7-12-9-13(5-6-17(12)22)21-18(24)10-14-15(19)3-2-4-16(14)20/h2-6,9H,7-8,10H2,1H3,(H,21,24). The summed E-state index contributed by atoms with van der Waals surface area (Å²) in [6.07, 6.45) is 0.893. The maximum absolute atomic E-state index is 12.3. The van der Waals surface area contributed by atoms with Gasteiger partial charge in [0.15, 0.2) is 0 Å². The minimum atomic E-state index is -0.189. The number of nitrogens with one attached hydrogen (secondary N) is 1. The van der Waals surface area contributed by atoms with Crippen molar-refractivity contribution in [1.82, 2.24) is 0 Å².